The molecule has 11 nitrogen and oxygen atoms in total. The second-order valence-electron chi connectivity index (χ2n) is 9.26. The molecule has 1 unspecified atom stereocenters. The predicted octanol–water partition coefficient (Wildman–Crippen LogP) is 3.43. The molecule has 0 fully saturated rings. The Morgan fingerprint density at radius 1 is 1.13 bits per heavy atom. The van der Waals surface area contributed by atoms with E-state index in [1.54, 1.807) is 9.47 Å². The maximum Gasteiger partial charge on any atom is 0.434 e. The van der Waals surface area contributed by atoms with E-state index in [1.807, 2.05) is 13.8 Å². The molecule has 3 aromatic rings. The monoisotopic (exact) mass is 569 g/mol. The third-order valence-electron chi connectivity index (χ3n) is 6.28. The van der Waals surface area contributed by atoms with Gasteiger partial charge in [-0.2, -0.15) is 13.2 Å². The summed E-state index contributed by atoms with van der Waals surface area (Å²) in [5.41, 5.74) is -1.61. The molecule has 0 N–H and O–H groups in total. The van der Waals surface area contributed by atoms with E-state index in [0.29, 0.717) is 16.9 Å². The molecule has 15 heteroatoms. The fourth-order valence-electron chi connectivity index (χ4n) is 4.66. The molecule has 1 aromatic carbocycles. The molecule has 0 saturated carbocycles. The van der Waals surface area contributed by atoms with E-state index >= 15 is 0 Å². The van der Waals surface area contributed by atoms with E-state index in [0.717, 1.165) is 19.6 Å². The topological polar surface area (TPSA) is 134 Å². The van der Waals surface area contributed by atoms with Gasteiger partial charge in [0.15, 0.2) is 15.5 Å². The Morgan fingerprint density at radius 2 is 1.82 bits per heavy atom. The van der Waals surface area contributed by atoms with Crippen molar-refractivity contribution < 1.29 is 40.7 Å². The van der Waals surface area contributed by atoms with E-state index in [4.69, 9.17) is 9.47 Å². The minimum Gasteiger partial charge on any atom is -0.465 e. The van der Waals surface area contributed by atoms with Gasteiger partial charge in [0.1, 0.15) is 11.4 Å². The van der Waals surface area contributed by atoms with Crippen LogP contribution >= 0.6 is 0 Å². The Balaban J connectivity index is 1.88. The van der Waals surface area contributed by atoms with Crippen molar-refractivity contribution in [2.75, 3.05) is 31.4 Å². The number of sulfone groups is 1. The van der Waals surface area contributed by atoms with Gasteiger partial charge in [-0.3, -0.25) is 0 Å². The average molecular weight is 570 g/mol. The van der Waals surface area contributed by atoms with E-state index in [9.17, 15) is 31.2 Å². The van der Waals surface area contributed by atoms with Gasteiger partial charge in [0, 0.05) is 25.5 Å². The van der Waals surface area contributed by atoms with Crippen molar-refractivity contribution in [3.8, 4) is 0 Å². The lowest BCUT2D eigenvalue weighted by molar-refractivity contribution is -0.141. The number of esters is 2. The number of carbonyl (C=O) groups excluding carboxylic acids is 2. The molecule has 1 atom stereocenters. The minimum absolute atomic E-state index is 0.117. The number of aromatic nitrogens is 4. The number of hydrogen-bond acceptors (Lipinski definition) is 10. The first kappa shape index (κ1) is 28.3. The molecule has 2 aromatic heterocycles. The molecule has 3 heterocycles. The summed E-state index contributed by atoms with van der Waals surface area (Å²) in [4.78, 5) is 38.3. The number of anilines is 1. The number of halogens is 3. The predicted molar refractivity (Wildman–Crippen MR) is 132 cm³/mol. The zero-order valence-electron chi connectivity index (χ0n) is 21.7. The maximum absolute atomic E-state index is 13.9. The normalized spacial score (nSPS) is 15.9. The van der Waals surface area contributed by atoms with Gasteiger partial charge in [0.2, 0.25) is 5.95 Å². The van der Waals surface area contributed by atoms with Crippen molar-refractivity contribution in [2.45, 2.75) is 44.4 Å². The van der Waals surface area contributed by atoms with Crippen LogP contribution in [0.15, 0.2) is 23.2 Å². The third-order valence-corrected chi connectivity index (χ3v) is 7.41. The second-order valence-corrected chi connectivity index (χ2v) is 11.2. The van der Waals surface area contributed by atoms with Crippen LogP contribution in [0.5, 0.6) is 0 Å². The van der Waals surface area contributed by atoms with Gasteiger partial charge in [-0.15, -0.1) is 0 Å². The first-order chi connectivity index (χ1) is 18.2. The summed E-state index contributed by atoms with van der Waals surface area (Å²) in [6.45, 7) is 5.40. The number of alkyl halides is 3. The molecular formula is C24H26F3N5O6S. The first-order valence-corrected chi connectivity index (χ1v) is 13.8. The quantitative estimate of drug-likeness (QED) is 0.407. The fraction of sp³-hybridized carbons (Fsp3) is 0.458. The van der Waals surface area contributed by atoms with Crippen LogP contribution in [-0.4, -0.2) is 66.4 Å². The van der Waals surface area contributed by atoms with Crippen LogP contribution in [0.3, 0.4) is 0 Å². The Kier molecular flexibility index (Phi) is 7.31. The number of benzene rings is 1. The Labute approximate surface area is 221 Å². The highest BCUT2D eigenvalue weighted by molar-refractivity contribution is 7.90. The zero-order valence-corrected chi connectivity index (χ0v) is 22.6. The smallest absolute Gasteiger partial charge is 0.434 e. The van der Waals surface area contributed by atoms with Gasteiger partial charge in [0.05, 0.1) is 41.3 Å². The third kappa shape index (κ3) is 5.14. The lowest BCUT2D eigenvalue weighted by Gasteiger charge is -2.38. The Bertz CT molecular complexity index is 1570. The number of carbonyl (C=O) groups is 2. The fourth-order valence-corrected chi connectivity index (χ4v) is 5.53. The summed E-state index contributed by atoms with van der Waals surface area (Å²) in [5, 5.41) is 0. The molecular weight excluding hydrogens is 543 g/mol. The van der Waals surface area contributed by atoms with E-state index in [-0.39, 0.29) is 42.0 Å². The van der Waals surface area contributed by atoms with Gasteiger partial charge < -0.3 is 18.9 Å². The molecule has 0 aliphatic carbocycles. The number of fused-ring (bicyclic) bond motifs is 3. The molecule has 0 bridgehead atoms. The van der Waals surface area contributed by atoms with Crippen LogP contribution in [-0.2, 0) is 32.0 Å². The average Bonchev–Trinajstić information content (AvgIpc) is 3.23. The number of nitrogens with zero attached hydrogens (tertiary/aromatic N) is 5. The van der Waals surface area contributed by atoms with Crippen molar-refractivity contribution >= 4 is 38.8 Å². The highest BCUT2D eigenvalue weighted by atomic mass is 32.2. The van der Waals surface area contributed by atoms with E-state index in [2.05, 4.69) is 15.0 Å². The van der Waals surface area contributed by atoms with Crippen molar-refractivity contribution in [1.82, 2.24) is 19.5 Å². The van der Waals surface area contributed by atoms with Gasteiger partial charge in [0.25, 0.3) is 0 Å². The van der Waals surface area contributed by atoms with Gasteiger partial charge in [-0.25, -0.2) is 33.0 Å². The summed E-state index contributed by atoms with van der Waals surface area (Å²) in [5.74, 6) is -2.06. The lowest BCUT2D eigenvalue weighted by Crippen LogP contribution is -2.42. The van der Waals surface area contributed by atoms with Crippen molar-refractivity contribution in [3.63, 3.8) is 0 Å². The highest BCUT2D eigenvalue weighted by Crippen LogP contribution is 2.39. The molecule has 0 spiro atoms. The van der Waals surface area contributed by atoms with Crippen LogP contribution in [0, 0.1) is 5.92 Å². The molecule has 1 aliphatic heterocycles. The second kappa shape index (κ2) is 10.1. The molecule has 0 radical (unpaired) electrons. The summed E-state index contributed by atoms with van der Waals surface area (Å²) >= 11 is 0. The first-order valence-electron chi connectivity index (χ1n) is 11.9. The molecule has 0 amide bonds. The van der Waals surface area contributed by atoms with E-state index in [1.165, 1.54) is 19.1 Å². The Morgan fingerprint density at radius 3 is 2.38 bits per heavy atom. The summed E-state index contributed by atoms with van der Waals surface area (Å²) < 4.78 is 77.8. The summed E-state index contributed by atoms with van der Waals surface area (Å²) in [6.07, 6.45) is -3.16. The number of hydrogen-bond donors (Lipinski definition) is 0. The van der Waals surface area contributed by atoms with Gasteiger partial charge >= 0.3 is 18.1 Å². The molecule has 1 aliphatic rings. The lowest BCUT2D eigenvalue weighted by atomic mass is 10.00. The number of methoxy groups -OCH3 is 1. The SMILES string of the molecule is CCOC(=O)c1cnc(N2CCn3c(nc4cc(C(=O)OC)c(S(C)(=O)=O)cc43)C2C(C)C)nc1C(F)(F)F. The standard InChI is InChI=1S/C24H26F3N5O6S/c1-6-38-22(34)14-11-28-23(30-19(14)24(25,26)27)32-8-7-31-16-10-17(39(5,35)36)13(21(33)37-4)9-15(16)29-20(31)18(32)12(2)3/h9-12,18H,6-8H2,1-5H3. The minimum atomic E-state index is -4.94. The molecule has 210 valence electrons. The van der Waals surface area contributed by atoms with Gasteiger partial charge in [-0.05, 0) is 25.0 Å². The zero-order chi connectivity index (χ0) is 28.9. The molecule has 0 saturated heterocycles. The van der Waals surface area contributed by atoms with Crippen molar-refractivity contribution in [1.29, 1.82) is 0 Å². The molecule has 4 rings (SSSR count). The molecule has 39 heavy (non-hydrogen) atoms. The van der Waals surface area contributed by atoms with Crippen LogP contribution in [0.25, 0.3) is 11.0 Å². The number of rotatable bonds is 6. The Hall–Kier alpha value is -3.75. The number of ether oxygens (including phenoxy) is 2. The number of imidazole rings is 1. The summed E-state index contributed by atoms with van der Waals surface area (Å²) in [6, 6.07) is 2.06. The van der Waals surface area contributed by atoms with E-state index < -0.39 is 45.3 Å². The maximum atomic E-state index is 13.9. The van der Waals surface area contributed by atoms with Crippen LogP contribution in [0.4, 0.5) is 19.1 Å². The largest absolute Gasteiger partial charge is 0.465 e. The highest BCUT2D eigenvalue weighted by Gasteiger charge is 2.41. The summed E-state index contributed by atoms with van der Waals surface area (Å²) in [7, 11) is -2.69. The van der Waals surface area contributed by atoms with Crippen LogP contribution in [0.2, 0.25) is 0 Å². The van der Waals surface area contributed by atoms with Gasteiger partial charge in [-0.1, -0.05) is 13.8 Å². The van der Waals surface area contributed by atoms with Crippen LogP contribution in [0.1, 0.15) is 59.0 Å². The van der Waals surface area contributed by atoms with Crippen molar-refractivity contribution in [2.24, 2.45) is 5.92 Å². The van der Waals surface area contributed by atoms with Crippen molar-refractivity contribution in [3.05, 3.63) is 41.0 Å². The van der Waals surface area contributed by atoms with Crippen LogP contribution < -0.4 is 4.90 Å².